The number of nitrogens with two attached hydrogens (primary N) is 1. The molecule has 1 aliphatic rings. The number of hydrogen-bond donors (Lipinski definition) is 3. The third-order valence-corrected chi connectivity index (χ3v) is 6.43. The monoisotopic (exact) mass is 474 g/mol. The Morgan fingerprint density at radius 2 is 1.47 bits per heavy atom. The first-order chi connectivity index (χ1) is 17.6. The van der Waals surface area contributed by atoms with E-state index in [2.05, 4.69) is 71.0 Å². The van der Waals surface area contributed by atoms with Crippen molar-refractivity contribution in [2.24, 2.45) is 0 Å². The molecule has 180 valence electrons. The van der Waals surface area contributed by atoms with E-state index in [1.807, 2.05) is 48.5 Å². The predicted octanol–water partition coefficient (Wildman–Crippen LogP) is 6.22. The second kappa shape index (κ2) is 10.5. The highest BCUT2D eigenvalue weighted by Gasteiger charge is 2.28. The van der Waals surface area contributed by atoms with Crippen LogP contribution in [0.1, 0.15) is 29.2 Å². The van der Waals surface area contributed by atoms with Crippen LogP contribution in [0, 0.1) is 0 Å². The number of carbonyl (C=O) groups excluding carboxylic acids is 1. The molecule has 1 heterocycles. The first kappa shape index (κ1) is 23.4. The molecule has 0 unspecified atom stereocenters. The van der Waals surface area contributed by atoms with Gasteiger partial charge in [0.15, 0.2) is 0 Å². The van der Waals surface area contributed by atoms with Crippen molar-refractivity contribution in [2.45, 2.75) is 20.0 Å². The van der Waals surface area contributed by atoms with E-state index in [0.717, 1.165) is 47.8 Å². The van der Waals surface area contributed by atoms with Gasteiger partial charge in [0.2, 0.25) is 0 Å². The van der Waals surface area contributed by atoms with E-state index in [9.17, 15) is 4.79 Å². The number of anilines is 3. The summed E-state index contributed by atoms with van der Waals surface area (Å²) in [5.74, 6) is -0.141. The van der Waals surface area contributed by atoms with Gasteiger partial charge >= 0.3 is 0 Å². The quantitative estimate of drug-likeness (QED) is 0.209. The molecule has 5 rings (SSSR count). The van der Waals surface area contributed by atoms with Gasteiger partial charge in [0.1, 0.15) is 0 Å². The number of nitrogens with one attached hydrogen (secondary N) is 2. The third kappa shape index (κ3) is 5.16. The van der Waals surface area contributed by atoms with Crippen LogP contribution in [-0.2, 0) is 17.9 Å². The van der Waals surface area contributed by atoms with Crippen LogP contribution in [0.3, 0.4) is 0 Å². The Labute approximate surface area is 212 Å². The van der Waals surface area contributed by atoms with Crippen molar-refractivity contribution in [2.75, 3.05) is 22.9 Å². The minimum absolute atomic E-state index is 0.141. The van der Waals surface area contributed by atoms with E-state index < -0.39 is 0 Å². The van der Waals surface area contributed by atoms with Crippen molar-refractivity contribution in [3.63, 3.8) is 0 Å². The largest absolute Gasteiger partial charge is 0.399 e. The Morgan fingerprint density at radius 3 is 2.14 bits per heavy atom. The molecule has 0 aromatic heterocycles. The van der Waals surface area contributed by atoms with Crippen LogP contribution < -0.4 is 16.4 Å². The maximum Gasteiger partial charge on any atom is 0.258 e. The third-order valence-electron chi connectivity index (χ3n) is 6.43. The number of fused-ring (bicyclic) bond motifs is 1. The van der Waals surface area contributed by atoms with Gasteiger partial charge in [-0.25, -0.2) is 0 Å². The fourth-order valence-corrected chi connectivity index (χ4v) is 4.53. The Balaban J connectivity index is 1.42. The molecule has 5 nitrogen and oxygen atoms in total. The van der Waals surface area contributed by atoms with Crippen LogP contribution >= 0.6 is 0 Å². The Bertz CT molecular complexity index is 1380. The molecular weight excluding hydrogens is 444 g/mol. The van der Waals surface area contributed by atoms with Crippen molar-refractivity contribution in [3.05, 3.63) is 125 Å². The molecule has 0 spiro atoms. The molecule has 0 fully saturated rings. The zero-order valence-corrected chi connectivity index (χ0v) is 20.4. The van der Waals surface area contributed by atoms with Gasteiger partial charge in [0.05, 0.1) is 11.3 Å². The van der Waals surface area contributed by atoms with Crippen molar-refractivity contribution >= 4 is 34.2 Å². The standard InChI is InChI=1S/C31H30N4O/c1-2-35(20-22-9-5-3-6-10-22)21-23-13-16-26(17-14-23)33-30(24-11-7-4-8-12-24)29-27-19-25(32)15-18-28(27)34-31(29)36/h3-19,33H,2,20-21,32H2,1H3,(H,34,36). The molecule has 4 aromatic carbocycles. The maximum absolute atomic E-state index is 13.1. The molecule has 4 aromatic rings. The predicted molar refractivity (Wildman–Crippen MR) is 149 cm³/mol. The van der Waals surface area contributed by atoms with E-state index in [1.54, 1.807) is 6.07 Å². The van der Waals surface area contributed by atoms with Gasteiger partial charge < -0.3 is 16.4 Å². The smallest absolute Gasteiger partial charge is 0.258 e. The minimum atomic E-state index is -0.141. The molecule has 0 saturated heterocycles. The van der Waals surface area contributed by atoms with E-state index in [1.165, 1.54) is 11.1 Å². The van der Waals surface area contributed by atoms with Crippen LogP contribution in [0.2, 0.25) is 0 Å². The van der Waals surface area contributed by atoms with Crippen LogP contribution in [0.15, 0.2) is 103 Å². The van der Waals surface area contributed by atoms with Gasteiger partial charge in [-0.3, -0.25) is 9.69 Å². The molecule has 1 amide bonds. The first-order valence-electron chi connectivity index (χ1n) is 12.2. The fraction of sp³-hybridized carbons (Fsp3) is 0.129. The molecule has 0 radical (unpaired) electrons. The summed E-state index contributed by atoms with van der Waals surface area (Å²) in [5.41, 5.74) is 14.0. The molecule has 36 heavy (non-hydrogen) atoms. The average molecular weight is 475 g/mol. The van der Waals surface area contributed by atoms with Crippen LogP contribution in [0.4, 0.5) is 17.1 Å². The summed E-state index contributed by atoms with van der Waals surface area (Å²) in [5, 5.41) is 6.50. The minimum Gasteiger partial charge on any atom is -0.399 e. The molecule has 5 heteroatoms. The number of amides is 1. The average Bonchev–Trinajstić information content (AvgIpc) is 3.23. The summed E-state index contributed by atoms with van der Waals surface area (Å²) >= 11 is 0. The second-order valence-corrected chi connectivity index (χ2v) is 8.99. The number of carbonyl (C=O) groups is 1. The van der Waals surface area contributed by atoms with E-state index in [0.29, 0.717) is 11.3 Å². The Morgan fingerprint density at radius 1 is 0.833 bits per heavy atom. The Hall–Kier alpha value is -4.35. The highest BCUT2D eigenvalue weighted by molar-refractivity contribution is 6.37. The molecule has 4 N–H and O–H groups in total. The maximum atomic E-state index is 13.1. The topological polar surface area (TPSA) is 70.4 Å². The molecular formula is C31H30N4O. The van der Waals surface area contributed by atoms with Gasteiger partial charge in [-0.2, -0.15) is 0 Å². The summed E-state index contributed by atoms with van der Waals surface area (Å²) < 4.78 is 0. The van der Waals surface area contributed by atoms with E-state index in [-0.39, 0.29) is 5.91 Å². The number of nitrogen functional groups attached to an aromatic ring is 1. The van der Waals surface area contributed by atoms with Crippen molar-refractivity contribution < 1.29 is 4.79 Å². The Kier molecular flexibility index (Phi) is 6.83. The molecule has 0 saturated carbocycles. The molecule has 0 aliphatic carbocycles. The molecule has 0 atom stereocenters. The number of benzene rings is 4. The highest BCUT2D eigenvalue weighted by Crippen LogP contribution is 2.38. The van der Waals surface area contributed by atoms with Gasteiger partial charge in [-0.05, 0) is 53.6 Å². The molecule has 1 aliphatic heterocycles. The summed E-state index contributed by atoms with van der Waals surface area (Å²) in [4.78, 5) is 15.5. The zero-order valence-electron chi connectivity index (χ0n) is 20.4. The second-order valence-electron chi connectivity index (χ2n) is 8.99. The van der Waals surface area contributed by atoms with Crippen LogP contribution in [0.5, 0.6) is 0 Å². The van der Waals surface area contributed by atoms with Crippen molar-refractivity contribution in [1.82, 2.24) is 4.90 Å². The summed E-state index contributed by atoms with van der Waals surface area (Å²) in [6.45, 7) is 4.94. The lowest BCUT2D eigenvalue weighted by molar-refractivity contribution is -0.110. The van der Waals surface area contributed by atoms with Crippen LogP contribution in [-0.4, -0.2) is 17.4 Å². The summed E-state index contributed by atoms with van der Waals surface area (Å²) in [7, 11) is 0. The first-order valence-corrected chi connectivity index (χ1v) is 12.2. The van der Waals surface area contributed by atoms with Gasteiger partial charge in [-0.1, -0.05) is 79.7 Å². The van der Waals surface area contributed by atoms with Gasteiger partial charge in [0, 0.05) is 35.7 Å². The van der Waals surface area contributed by atoms with Crippen molar-refractivity contribution in [3.8, 4) is 0 Å². The van der Waals surface area contributed by atoms with E-state index >= 15 is 0 Å². The summed E-state index contributed by atoms with van der Waals surface area (Å²) in [6.07, 6.45) is 0. The SMILES string of the molecule is CCN(Cc1ccccc1)Cc1ccc(NC(=C2C(=O)Nc3ccc(N)cc32)c2ccccc2)cc1. The lowest BCUT2D eigenvalue weighted by Gasteiger charge is -2.21. The lowest BCUT2D eigenvalue weighted by Crippen LogP contribution is -2.22. The van der Waals surface area contributed by atoms with Gasteiger partial charge in [-0.15, -0.1) is 0 Å². The number of rotatable bonds is 8. The number of hydrogen-bond acceptors (Lipinski definition) is 4. The van der Waals surface area contributed by atoms with Gasteiger partial charge in [0.25, 0.3) is 5.91 Å². The normalized spacial score (nSPS) is 13.9. The van der Waals surface area contributed by atoms with Crippen LogP contribution in [0.25, 0.3) is 11.3 Å². The lowest BCUT2D eigenvalue weighted by atomic mass is 9.99. The van der Waals surface area contributed by atoms with E-state index in [4.69, 9.17) is 5.73 Å². The number of nitrogens with zero attached hydrogens (tertiary/aromatic N) is 1. The fourth-order valence-electron chi connectivity index (χ4n) is 4.53. The van der Waals surface area contributed by atoms with Crippen molar-refractivity contribution in [1.29, 1.82) is 0 Å². The zero-order chi connectivity index (χ0) is 24.9. The molecule has 0 bridgehead atoms. The highest BCUT2D eigenvalue weighted by atomic mass is 16.2. The summed E-state index contributed by atoms with van der Waals surface area (Å²) in [6, 6.07) is 34.4.